The van der Waals surface area contributed by atoms with Crippen LogP contribution >= 0.6 is 0 Å². The zero-order chi connectivity index (χ0) is 14.4. The Morgan fingerprint density at radius 3 is 2.42 bits per heavy atom. The molecule has 0 radical (unpaired) electrons. The Hall–Kier alpha value is -1.63. The second-order valence-electron chi connectivity index (χ2n) is 4.98. The zero-order valence-corrected chi connectivity index (χ0v) is 10.8. The first-order valence-corrected chi connectivity index (χ1v) is 6.49. The number of carbonyl (C=O) groups excluding carboxylic acids is 2. The highest BCUT2D eigenvalue weighted by atomic mass is 16.4. The van der Waals surface area contributed by atoms with Crippen molar-refractivity contribution in [3.8, 4) is 0 Å². The van der Waals surface area contributed by atoms with E-state index >= 15 is 0 Å². The molecule has 0 heterocycles. The summed E-state index contributed by atoms with van der Waals surface area (Å²) in [4.78, 5) is 33.8. The Bertz CT molecular complexity index is 359. The Kier molecular flexibility index (Phi) is 5.75. The number of nitrogens with one attached hydrogen (secondary N) is 1. The third-order valence-corrected chi connectivity index (χ3v) is 3.43. The Morgan fingerprint density at radius 1 is 1.21 bits per heavy atom. The molecule has 0 aliphatic heterocycles. The predicted molar refractivity (Wildman–Crippen MR) is 67.9 cm³/mol. The van der Waals surface area contributed by atoms with Crippen molar-refractivity contribution in [2.45, 2.75) is 50.6 Å². The van der Waals surface area contributed by atoms with Crippen molar-refractivity contribution < 1.29 is 19.5 Å². The number of rotatable bonds is 5. The van der Waals surface area contributed by atoms with Gasteiger partial charge in [-0.25, -0.2) is 4.79 Å². The lowest BCUT2D eigenvalue weighted by atomic mass is 9.94. The second kappa shape index (κ2) is 7.08. The SMILES string of the molecule is NC(=O)CC(NC(=O)C1CCCCCC1N)C(=O)O. The summed E-state index contributed by atoms with van der Waals surface area (Å²) in [5.41, 5.74) is 10.9. The highest BCUT2D eigenvalue weighted by molar-refractivity contribution is 5.89. The van der Waals surface area contributed by atoms with Gasteiger partial charge in [-0.05, 0) is 12.8 Å². The summed E-state index contributed by atoms with van der Waals surface area (Å²) < 4.78 is 0. The fraction of sp³-hybridized carbons (Fsp3) is 0.750. The molecule has 7 heteroatoms. The number of aliphatic carboxylic acids is 1. The van der Waals surface area contributed by atoms with Crippen LogP contribution in [0.5, 0.6) is 0 Å². The minimum atomic E-state index is -1.28. The Morgan fingerprint density at radius 2 is 1.84 bits per heavy atom. The van der Waals surface area contributed by atoms with Gasteiger partial charge in [-0.1, -0.05) is 19.3 Å². The van der Waals surface area contributed by atoms with E-state index in [4.69, 9.17) is 16.6 Å². The lowest BCUT2D eigenvalue weighted by Gasteiger charge is -2.22. The maximum Gasteiger partial charge on any atom is 0.326 e. The van der Waals surface area contributed by atoms with E-state index in [2.05, 4.69) is 5.32 Å². The number of nitrogens with two attached hydrogens (primary N) is 2. The van der Waals surface area contributed by atoms with Crippen LogP contribution in [0.15, 0.2) is 0 Å². The van der Waals surface area contributed by atoms with Gasteiger partial charge in [-0.3, -0.25) is 9.59 Å². The molecule has 1 fully saturated rings. The summed E-state index contributed by atoms with van der Waals surface area (Å²) in [7, 11) is 0. The summed E-state index contributed by atoms with van der Waals surface area (Å²) in [5, 5.41) is 11.3. The molecule has 3 unspecified atom stereocenters. The highest BCUT2D eigenvalue weighted by Crippen LogP contribution is 2.22. The lowest BCUT2D eigenvalue weighted by Crippen LogP contribution is -2.49. The topological polar surface area (TPSA) is 136 Å². The van der Waals surface area contributed by atoms with Gasteiger partial charge in [0.15, 0.2) is 0 Å². The first-order valence-electron chi connectivity index (χ1n) is 6.49. The molecule has 0 aromatic rings. The third kappa shape index (κ3) is 4.86. The van der Waals surface area contributed by atoms with Gasteiger partial charge >= 0.3 is 5.97 Å². The van der Waals surface area contributed by atoms with E-state index in [0.29, 0.717) is 6.42 Å². The van der Waals surface area contributed by atoms with Crippen LogP contribution < -0.4 is 16.8 Å². The van der Waals surface area contributed by atoms with Gasteiger partial charge in [0.2, 0.25) is 11.8 Å². The first kappa shape index (κ1) is 15.4. The smallest absolute Gasteiger partial charge is 0.326 e. The fourth-order valence-electron chi connectivity index (χ4n) is 2.34. The Labute approximate surface area is 111 Å². The standard InChI is InChI=1S/C12H21N3O4/c13-8-5-3-1-2-4-7(8)11(17)15-9(12(18)19)6-10(14)16/h7-9H,1-6,13H2,(H2,14,16)(H,15,17)(H,18,19). The molecule has 1 rings (SSSR count). The predicted octanol–water partition coefficient (Wildman–Crippen LogP) is -0.661. The van der Waals surface area contributed by atoms with Crippen LogP contribution in [0.25, 0.3) is 0 Å². The molecule has 1 aliphatic carbocycles. The van der Waals surface area contributed by atoms with Gasteiger partial charge in [0, 0.05) is 6.04 Å². The molecule has 0 aromatic heterocycles. The molecule has 108 valence electrons. The first-order chi connectivity index (χ1) is 8.91. The van der Waals surface area contributed by atoms with E-state index in [1.807, 2.05) is 0 Å². The van der Waals surface area contributed by atoms with E-state index in [9.17, 15) is 14.4 Å². The number of carbonyl (C=O) groups is 3. The van der Waals surface area contributed by atoms with E-state index < -0.39 is 36.2 Å². The molecule has 0 bridgehead atoms. The van der Waals surface area contributed by atoms with E-state index in [1.165, 1.54) is 0 Å². The van der Waals surface area contributed by atoms with Crippen LogP contribution in [-0.4, -0.2) is 35.0 Å². The maximum atomic E-state index is 12.1. The van der Waals surface area contributed by atoms with Crippen molar-refractivity contribution in [2.24, 2.45) is 17.4 Å². The summed E-state index contributed by atoms with van der Waals surface area (Å²) in [6, 6.07) is -1.54. The second-order valence-corrected chi connectivity index (χ2v) is 4.98. The largest absolute Gasteiger partial charge is 0.480 e. The van der Waals surface area contributed by atoms with Gasteiger partial charge in [-0.2, -0.15) is 0 Å². The fourth-order valence-corrected chi connectivity index (χ4v) is 2.34. The molecule has 3 atom stereocenters. The van der Waals surface area contributed by atoms with E-state index in [0.717, 1.165) is 25.7 Å². The molecule has 1 aliphatic rings. The molecular weight excluding hydrogens is 250 g/mol. The molecule has 0 aromatic carbocycles. The van der Waals surface area contributed by atoms with Gasteiger partial charge in [0.25, 0.3) is 0 Å². The molecule has 1 saturated carbocycles. The van der Waals surface area contributed by atoms with Gasteiger partial charge in [-0.15, -0.1) is 0 Å². The number of hydrogen-bond acceptors (Lipinski definition) is 4. The van der Waals surface area contributed by atoms with Gasteiger partial charge < -0.3 is 21.9 Å². The summed E-state index contributed by atoms with van der Waals surface area (Å²) in [5.74, 6) is -2.83. The van der Waals surface area contributed by atoms with Crippen molar-refractivity contribution in [3.63, 3.8) is 0 Å². The van der Waals surface area contributed by atoms with Crippen molar-refractivity contribution in [2.75, 3.05) is 0 Å². The quantitative estimate of drug-likeness (QED) is 0.492. The number of carboxylic acid groups (broad SMARTS) is 1. The average molecular weight is 271 g/mol. The lowest BCUT2D eigenvalue weighted by molar-refractivity contribution is -0.144. The summed E-state index contributed by atoms with van der Waals surface area (Å²) in [6.07, 6.45) is 3.90. The number of primary amides is 1. The minimum Gasteiger partial charge on any atom is -0.480 e. The number of hydrogen-bond donors (Lipinski definition) is 4. The molecule has 7 nitrogen and oxygen atoms in total. The van der Waals surface area contributed by atoms with Crippen molar-refractivity contribution in [1.29, 1.82) is 0 Å². The highest BCUT2D eigenvalue weighted by Gasteiger charge is 2.30. The van der Waals surface area contributed by atoms with Crippen molar-refractivity contribution in [1.82, 2.24) is 5.32 Å². The van der Waals surface area contributed by atoms with Crippen LogP contribution in [0.4, 0.5) is 0 Å². The van der Waals surface area contributed by atoms with E-state index in [1.54, 1.807) is 0 Å². The summed E-state index contributed by atoms with van der Waals surface area (Å²) >= 11 is 0. The number of amides is 2. The monoisotopic (exact) mass is 271 g/mol. The maximum absolute atomic E-state index is 12.1. The molecule has 6 N–H and O–H groups in total. The molecule has 2 amide bonds. The van der Waals surface area contributed by atoms with E-state index in [-0.39, 0.29) is 6.04 Å². The molecule has 0 saturated heterocycles. The number of carboxylic acids is 1. The molecule has 19 heavy (non-hydrogen) atoms. The van der Waals surface area contributed by atoms with Gasteiger partial charge in [0.05, 0.1) is 12.3 Å². The van der Waals surface area contributed by atoms with Crippen LogP contribution in [0, 0.1) is 5.92 Å². The molecular formula is C12H21N3O4. The zero-order valence-electron chi connectivity index (χ0n) is 10.8. The summed E-state index contributed by atoms with van der Waals surface area (Å²) in [6.45, 7) is 0. The van der Waals surface area contributed by atoms with Crippen LogP contribution in [0.3, 0.4) is 0 Å². The Balaban J connectivity index is 2.64. The molecule has 0 spiro atoms. The third-order valence-electron chi connectivity index (χ3n) is 3.43. The van der Waals surface area contributed by atoms with Crippen molar-refractivity contribution >= 4 is 17.8 Å². The van der Waals surface area contributed by atoms with Crippen LogP contribution in [0.2, 0.25) is 0 Å². The van der Waals surface area contributed by atoms with Gasteiger partial charge in [0.1, 0.15) is 6.04 Å². The van der Waals surface area contributed by atoms with Crippen LogP contribution in [-0.2, 0) is 14.4 Å². The van der Waals surface area contributed by atoms with Crippen molar-refractivity contribution in [3.05, 3.63) is 0 Å². The normalized spacial score (nSPS) is 25.1. The average Bonchev–Trinajstić information content (AvgIpc) is 2.52. The minimum absolute atomic E-state index is 0.259. The van der Waals surface area contributed by atoms with Crippen LogP contribution in [0.1, 0.15) is 38.5 Å².